The summed E-state index contributed by atoms with van der Waals surface area (Å²) in [5.41, 5.74) is 2.53. The van der Waals surface area contributed by atoms with E-state index in [0.29, 0.717) is 18.8 Å². The van der Waals surface area contributed by atoms with Crippen LogP contribution in [0.15, 0.2) is 78.9 Å². The van der Waals surface area contributed by atoms with Crippen LogP contribution < -0.4 is 4.90 Å². The molecule has 0 aliphatic carbocycles. The highest BCUT2D eigenvalue weighted by Crippen LogP contribution is 2.23. The van der Waals surface area contributed by atoms with Crippen LogP contribution in [0, 0.1) is 5.82 Å². The van der Waals surface area contributed by atoms with Crippen molar-refractivity contribution in [3.63, 3.8) is 0 Å². The second-order valence-corrected chi connectivity index (χ2v) is 5.80. The lowest BCUT2D eigenvalue weighted by Crippen LogP contribution is -2.22. The summed E-state index contributed by atoms with van der Waals surface area (Å²) in [6.07, 6.45) is 0. The van der Waals surface area contributed by atoms with Gasteiger partial charge in [0.1, 0.15) is 5.82 Å². The Hall–Kier alpha value is -3.14. The summed E-state index contributed by atoms with van der Waals surface area (Å²) >= 11 is 0. The van der Waals surface area contributed by atoms with E-state index in [-0.39, 0.29) is 5.56 Å². The molecular weight excluding hydrogens is 317 g/mol. The largest absolute Gasteiger partial charge is 0.478 e. The molecule has 4 heteroatoms. The Morgan fingerprint density at radius 1 is 0.840 bits per heavy atom. The molecule has 0 saturated carbocycles. The summed E-state index contributed by atoms with van der Waals surface area (Å²) in [7, 11) is 0. The monoisotopic (exact) mass is 335 g/mol. The molecule has 0 fully saturated rings. The molecule has 0 amide bonds. The molecule has 0 heterocycles. The van der Waals surface area contributed by atoms with Gasteiger partial charge in [-0.15, -0.1) is 0 Å². The van der Waals surface area contributed by atoms with Crippen LogP contribution in [0.4, 0.5) is 10.1 Å². The molecule has 3 rings (SSSR count). The van der Waals surface area contributed by atoms with Crippen LogP contribution in [0.3, 0.4) is 0 Å². The molecular formula is C21H18FNO2. The van der Waals surface area contributed by atoms with Gasteiger partial charge in [-0.25, -0.2) is 9.18 Å². The normalized spacial score (nSPS) is 10.4. The van der Waals surface area contributed by atoms with Crippen molar-refractivity contribution in [1.82, 2.24) is 0 Å². The van der Waals surface area contributed by atoms with Gasteiger partial charge in [-0.3, -0.25) is 0 Å². The van der Waals surface area contributed by atoms with Crippen molar-refractivity contribution in [3.8, 4) is 0 Å². The summed E-state index contributed by atoms with van der Waals surface area (Å²) in [4.78, 5) is 13.1. The number of hydrogen-bond donors (Lipinski definition) is 1. The molecule has 126 valence electrons. The van der Waals surface area contributed by atoms with E-state index in [1.165, 1.54) is 12.1 Å². The fourth-order valence-corrected chi connectivity index (χ4v) is 2.72. The maximum absolute atomic E-state index is 14.1. The molecule has 0 bridgehead atoms. The first-order valence-electron chi connectivity index (χ1n) is 7.99. The van der Waals surface area contributed by atoms with Crippen molar-refractivity contribution in [3.05, 3.63) is 101 Å². The lowest BCUT2D eigenvalue weighted by atomic mass is 10.1. The first kappa shape index (κ1) is 16.7. The fourth-order valence-electron chi connectivity index (χ4n) is 2.72. The summed E-state index contributed by atoms with van der Waals surface area (Å²) in [5, 5.41) is 9.01. The highest BCUT2D eigenvalue weighted by Gasteiger charge is 2.14. The van der Waals surface area contributed by atoms with Crippen molar-refractivity contribution < 1.29 is 14.3 Å². The van der Waals surface area contributed by atoms with Crippen LogP contribution in [0.2, 0.25) is 0 Å². The quantitative estimate of drug-likeness (QED) is 0.708. The van der Waals surface area contributed by atoms with Gasteiger partial charge in [0.05, 0.1) is 5.56 Å². The minimum atomic E-state index is -1.26. The minimum absolute atomic E-state index is 0.317. The Morgan fingerprint density at radius 3 is 1.80 bits per heavy atom. The molecule has 0 aromatic heterocycles. The van der Waals surface area contributed by atoms with Crippen molar-refractivity contribution in [1.29, 1.82) is 0 Å². The van der Waals surface area contributed by atoms with Crippen LogP contribution in [-0.2, 0) is 13.1 Å². The minimum Gasteiger partial charge on any atom is -0.478 e. The maximum Gasteiger partial charge on any atom is 0.338 e. The molecule has 0 radical (unpaired) electrons. The molecule has 3 aromatic rings. The Morgan fingerprint density at radius 2 is 1.36 bits per heavy atom. The van der Waals surface area contributed by atoms with Crippen molar-refractivity contribution in [2.75, 3.05) is 4.90 Å². The van der Waals surface area contributed by atoms with Crippen LogP contribution >= 0.6 is 0 Å². The van der Waals surface area contributed by atoms with Crippen molar-refractivity contribution in [2.45, 2.75) is 13.1 Å². The number of nitrogens with zero attached hydrogens (tertiary/aromatic N) is 1. The van der Waals surface area contributed by atoms with Crippen molar-refractivity contribution in [2.24, 2.45) is 0 Å². The number of aromatic carboxylic acids is 1. The molecule has 0 saturated heterocycles. The molecule has 25 heavy (non-hydrogen) atoms. The summed E-state index contributed by atoms with van der Waals surface area (Å²) in [6, 6.07) is 24.1. The number of carboxylic acids is 1. The zero-order valence-electron chi connectivity index (χ0n) is 13.6. The standard InChI is InChI=1S/C21H18FNO2/c22-20-13-18(11-12-19(20)21(24)25)23(14-16-7-3-1-4-8-16)15-17-9-5-2-6-10-17/h1-13H,14-15H2,(H,24,25). The van der Waals surface area contributed by atoms with E-state index >= 15 is 0 Å². The van der Waals surface area contributed by atoms with Crippen LogP contribution in [-0.4, -0.2) is 11.1 Å². The molecule has 3 nitrogen and oxygen atoms in total. The Kier molecular flexibility index (Phi) is 5.09. The first-order valence-corrected chi connectivity index (χ1v) is 7.99. The highest BCUT2D eigenvalue weighted by atomic mass is 19.1. The van der Waals surface area contributed by atoms with E-state index < -0.39 is 11.8 Å². The molecule has 3 aromatic carbocycles. The van der Waals surface area contributed by atoms with Crippen LogP contribution in [0.25, 0.3) is 0 Å². The zero-order chi connectivity index (χ0) is 17.6. The van der Waals surface area contributed by atoms with Gasteiger partial charge >= 0.3 is 5.97 Å². The fraction of sp³-hybridized carbons (Fsp3) is 0.0952. The molecule has 0 unspecified atom stereocenters. The molecule has 1 N–H and O–H groups in total. The number of benzene rings is 3. The Balaban J connectivity index is 1.92. The van der Waals surface area contributed by atoms with Gasteiger partial charge in [-0.05, 0) is 29.3 Å². The number of carbonyl (C=O) groups is 1. The van der Waals surface area contributed by atoms with Gasteiger partial charge in [0.2, 0.25) is 0 Å². The molecule has 0 aliphatic heterocycles. The van der Waals surface area contributed by atoms with E-state index in [4.69, 9.17) is 5.11 Å². The number of hydrogen-bond acceptors (Lipinski definition) is 2. The Labute approximate surface area is 146 Å². The lowest BCUT2D eigenvalue weighted by Gasteiger charge is -2.25. The number of halogens is 1. The van der Waals surface area contributed by atoms with Gasteiger partial charge in [-0.1, -0.05) is 60.7 Å². The van der Waals surface area contributed by atoms with E-state index in [2.05, 4.69) is 0 Å². The van der Waals surface area contributed by atoms with E-state index in [1.54, 1.807) is 6.07 Å². The highest BCUT2D eigenvalue weighted by molar-refractivity contribution is 5.88. The predicted molar refractivity (Wildman–Crippen MR) is 96.1 cm³/mol. The number of anilines is 1. The third kappa shape index (κ3) is 4.23. The van der Waals surface area contributed by atoms with E-state index in [0.717, 1.165) is 11.1 Å². The van der Waals surface area contributed by atoms with Crippen LogP contribution in [0.5, 0.6) is 0 Å². The zero-order valence-corrected chi connectivity index (χ0v) is 13.6. The van der Waals surface area contributed by atoms with E-state index in [9.17, 15) is 9.18 Å². The second kappa shape index (κ2) is 7.62. The van der Waals surface area contributed by atoms with Gasteiger partial charge in [-0.2, -0.15) is 0 Å². The van der Waals surface area contributed by atoms with Gasteiger partial charge in [0.25, 0.3) is 0 Å². The number of rotatable bonds is 6. The predicted octanol–water partition coefficient (Wildman–Crippen LogP) is 4.73. The average molecular weight is 335 g/mol. The third-order valence-corrected chi connectivity index (χ3v) is 3.98. The lowest BCUT2D eigenvalue weighted by molar-refractivity contribution is 0.0692. The molecule has 0 spiro atoms. The van der Waals surface area contributed by atoms with Gasteiger partial charge in [0.15, 0.2) is 0 Å². The van der Waals surface area contributed by atoms with E-state index in [1.807, 2.05) is 65.6 Å². The van der Waals surface area contributed by atoms with Crippen molar-refractivity contribution >= 4 is 11.7 Å². The summed E-state index contributed by atoms with van der Waals surface area (Å²) in [5.74, 6) is -1.99. The van der Waals surface area contributed by atoms with Gasteiger partial charge in [0, 0.05) is 18.8 Å². The number of carboxylic acid groups (broad SMARTS) is 1. The smallest absolute Gasteiger partial charge is 0.338 e. The average Bonchev–Trinajstić information content (AvgIpc) is 2.62. The summed E-state index contributed by atoms with van der Waals surface area (Å²) < 4.78 is 14.1. The first-order chi connectivity index (χ1) is 12.1. The molecule has 0 atom stereocenters. The van der Waals surface area contributed by atoms with Crippen LogP contribution in [0.1, 0.15) is 21.5 Å². The Bertz CT molecular complexity index is 809. The second-order valence-electron chi connectivity index (χ2n) is 5.80. The van der Waals surface area contributed by atoms with Gasteiger partial charge < -0.3 is 10.0 Å². The topological polar surface area (TPSA) is 40.5 Å². The third-order valence-electron chi connectivity index (χ3n) is 3.98. The maximum atomic E-state index is 14.1. The molecule has 0 aliphatic rings. The SMILES string of the molecule is O=C(O)c1ccc(N(Cc2ccccc2)Cc2ccccc2)cc1F. The summed E-state index contributed by atoms with van der Waals surface area (Å²) in [6.45, 7) is 1.20.